The van der Waals surface area contributed by atoms with Crippen molar-refractivity contribution in [3.05, 3.63) is 29.3 Å². The van der Waals surface area contributed by atoms with Crippen LogP contribution in [0.4, 0.5) is 0 Å². The second kappa shape index (κ2) is 10.4. The van der Waals surface area contributed by atoms with Crippen LogP contribution in [0.15, 0.2) is 18.2 Å². The van der Waals surface area contributed by atoms with Crippen LogP contribution in [0.5, 0.6) is 5.75 Å². The van der Waals surface area contributed by atoms with Gasteiger partial charge in [-0.2, -0.15) is 0 Å². The van der Waals surface area contributed by atoms with Gasteiger partial charge >= 0.3 is 0 Å². The Morgan fingerprint density at radius 3 is 2.60 bits per heavy atom. The van der Waals surface area contributed by atoms with Gasteiger partial charge in [0.25, 0.3) is 5.91 Å². The van der Waals surface area contributed by atoms with Gasteiger partial charge < -0.3 is 14.5 Å². The van der Waals surface area contributed by atoms with E-state index in [-0.39, 0.29) is 30.2 Å². The fraction of sp³-hybridized carbons (Fsp3) is 0.615. The summed E-state index contributed by atoms with van der Waals surface area (Å²) >= 11 is 0. The second-order valence-corrected chi connectivity index (χ2v) is 10.1. The van der Waals surface area contributed by atoms with Crippen LogP contribution in [0.2, 0.25) is 0 Å². The summed E-state index contributed by atoms with van der Waals surface area (Å²) in [6.45, 7) is 4.03. The molecule has 1 unspecified atom stereocenters. The van der Waals surface area contributed by atoms with E-state index in [2.05, 4.69) is 10.2 Å². The Kier molecular flexibility index (Phi) is 7.04. The topological polar surface area (TPSA) is 99.3 Å². The van der Waals surface area contributed by atoms with Crippen LogP contribution >= 0.6 is 0 Å². The fourth-order valence-electron chi connectivity index (χ4n) is 5.73. The number of carbonyl (C=O) groups excluding carboxylic acids is 4. The molecule has 3 fully saturated rings. The van der Waals surface area contributed by atoms with E-state index in [0.717, 1.165) is 44.5 Å². The molecule has 1 aromatic rings. The summed E-state index contributed by atoms with van der Waals surface area (Å²) in [5.74, 6) is -0.0409. The van der Waals surface area contributed by atoms with Gasteiger partial charge in [-0.1, -0.05) is 6.42 Å². The van der Waals surface area contributed by atoms with Crippen molar-refractivity contribution in [2.75, 3.05) is 32.8 Å². The van der Waals surface area contributed by atoms with Gasteiger partial charge in [-0.3, -0.25) is 29.4 Å². The van der Waals surface area contributed by atoms with Gasteiger partial charge in [0.1, 0.15) is 18.4 Å². The Morgan fingerprint density at radius 1 is 1.00 bits per heavy atom. The van der Waals surface area contributed by atoms with Crippen molar-refractivity contribution in [1.29, 1.82) is 0 Å². The third kappa shape index (κ3) is 5.19. The van der Waals surface area contributed by atoms with Gasteiger partial charge in [0.05, 0.1) is 12.6 Å². The predicted octanol–water partition coefficient (Wildman–Crippen LogP) is 1.69. The second-order valence-electron chi connectivity index (χ2n) is 10.1. The van der Waals surface area contributed by atoms with Crippen LogP contribution in [-0.2, 0) is 20.9 Å². The number of benzene rings is 1. The number of rotatable bonds is 6. The van der Waals surface area contributed by atoms with Crippen LogP contribution in [0.25, 0.3) is 0 Å². The molecule has 0 radical (unpaired) electrons. The van der Waals surface area contributed by atoms with Gasteiger partial charge in [-0.25, -0.2) is 0 Å². The Bertz CT molecular complexity index is 1010. The summed E-state index contributed by atoms with van der Waals surface area (Å²) in [5, 5.41) is 2.33. The Labute approximate surface area is 205 Å². The summed E-state index contributed by atoms with van der Waals surface area (Å²) in [6, 6.07) is 4.82. The van der Waals surface area contributed by atoms with E-state index in [1.807, 2.05) is 11.0 Å². The fourth-order valence-corrected chi connectivity index (χ4v) is 5.73. The molecule has 4 amide bonds. The van der Waals surface area contributed by atoms with Gasteiger partial charge in [-0.05, 0) is 75.4 Å². The van der Waals surface area contributed by atoms with Crippen LogP contribution in [0, 0.1) is 0 Å². The lowest BCUT2D eigenvalue weighted by Gasteiger charge is -2.37. The minimum Gasteiger partial charge on any atom is -0.491 e. The maximum Gasteiger partial charge on any atom is 0.255 e. The van der Waals surface area contributed by atoms with Gasteiger partial charge in [0.15, 0.2) is 0 Å². The molecule has 1 aromatic carbocycles. The quantitative estimate of drug-likeness (QED) is 0.620. The minimum absolute atomic E-state index is 0.0518. The van der Waals surface area contributed by atoms with E-state index in [9.17, 15) is 19.2 Å². The molecule has 188 valence electrons. The molecule has 4 heterocycles. The molecule has 35 heavy (non-hydrogen) atoms. The van der Waals surface area contributed by atoms with E-state index in [0.29, 0.717) is 37.4 Å². The third-order valence-corrected chi connectivity index (χ3v) is 7.69. The Morgan fingerprint density at radius 2 is 1.80 bits per heavy atom. The molecular formula is C26H34N4O5. The summed E-state index contributed by atoms with van der Waals surface area (Å²) in [5.41, 5.74) is 1.39. The van der Waals surface area contributed by atoms with Crippen molar-refractivity contribution in [2.24, 2.45) is 0 Å². The van der Waals surface area contributed by atoms with Crippen LogP contribution in [0.3, 0.4) is 0 Å². The summed E-state index contributed by atoms with van der Waals surface area (Å²) in [7, 11) is 0. The number of imide groups is 1. The van der Waals surface area contributed by atoms with E-state index in [4.69, 9.17) is 4.74 Å². The van der Waals surface area contributed by atoms with Crippen LogP contribution in [0.1, 0.15) is 67.3 Å². The Balaban J connectivity index is 1.20. The number of nitrogens with zero attached hydrogens (tertiary/aromatic N) is 3. The first kappa shape index (κ1) is 23.8. The molecule has 0 aliphatic carbocycles. The smallest absolute Gasteiger partial charge is 0.255 e. The highest BCUT2D eigenvalue weighted by Gasteiger charge is 2.39. The first-order valence-electron chi connectivity index (χ1n) is 12.9. The number of hydrogen-bond donors (Lipinski definition) is 1. The highest BCUT2D eigenvalue weighted by molar-refractivity contribution is 6.05. The van der Waals surface area contributed by atoms with Gasteiger partial charge in [0, 0.05) is 25.1 Å². The van der Waals surface area contributed by atoms with E-state index >= 15 is 0 Å². The molecule has 3 saturated heterocycles. The predicted molar refractivity (Wildman–Crippen MR) is 128 cm³/mol. The summed E-state index contributed by atoms with van der Waals surface area (Å²) in [4.78, 5) is 55.5. The van der Waals surface area contributed by atoms with Crippen molar-refractivity contribution in [2.45, 2.75) is 70.0 Å². The number of likely N-dealkylation sites (tertiary alicyclic amines) is 2. The molecule has 2 atom stereocenters. The van der Waals surface area contributed by atoms with Gasteiger partial charge in [0.2, 0.25) is 17.7 Å². The maximum absolute atomic E-state index is 13.0. The monoisotopic (exact) mass is 482 g/mol. The molecule has 1 N–H and O–H groups in total. The van der Waals surface area contributed by atoms with Crippen molar-refractivity contribution in [1.82, 2.24) is 20.0 Å². The number of ether oxygens (including phenoxy) is 1. The molecule has 0 aromatic heterocycles. The van der Waals surface area contributed by atoms with Crippen LogP contribution in [-0.4, -0.2) is 83.2 Å². The van der Waals surface area contributed by atoms with E-state index in [1.54, 1.807) is 17.0 Å². The standard InChI is InChI=1S/C26H34N4O5/c31-23-10-9-22(25(33)27-23)30-15-18-14-20(7-8-21(18)26(30)34)35-17-19-6-2-5-13-29(19)24(32)16-28-11-3-1-4-12-28/h7-8,14,19,22H,1-6,9-13,15-17H2,(H,27,31,33)/t19-,22?/m1/s1. The molecule has 0 spiro atoms. The average molecular weight is 483 g/mol. The zero-order chi connectivity index (χ0) is 24.4. The number of hydrogen-bond acceptors (Lipinski definition) is 6. The summed E-state index contributed by atoms with van der Waals surface area (Å²) < 4.78 is 6.13. The van der Waals surface area contributed by atoms with E-state index < -0.39 is 11.9 Å². The molecule has 9 nitrogen and oxygen atoms in total. The number of nitrogens with one attached hydrogen (secondary N) is 1. The first-order valence-corrected chi connectivity index (χ1v) is 12.9. The molecule has 0 saturated carbocycles. The van der Waals surface area contributed by atoms with Gasteiger partial charge in [-0.15, -0.1) is 0 Å². The number of piperidine rings is 3. The number of amides is 4. The minimum atomic E-state index is -0.626. The lowest BCUT2D eigenvalue weighted by molar-refractivity contribution is -0.138. The Hall–Kier alpha value is -2.94. The molecular weight excluding hydrogens is 448 g/mol. The molecule has 0 bridgehead atoms. The molecule has 4 aliphatic heterocycles. The van der Waals surface area contributed by atoms with Crippen molar-refractivity contribution in [3.8, 4) is 5.75 Å². The highest BCUT2D eigenvalue weighted by atomic mass is 16.5. The zero-order valence-corrected chi connectivity index (χ0v) is 20.2. The van der Waals surface area contributed by atoms with E-state index in [1.165, 1.54) is 19.3 Å². The van der Waals surface area contributed by atoms with Crippen molar-refractivity contribution in [3.63, 3.8) is 0 Å². The summed E-state index contributed by atoms with van der Waals surface area (Å²) in [6.07, 6.45) is 7.21. The van der Waals surface area contributed by atoms with Crippen molar-refractivity contribution < 1.29 is 23.9 Å². The van der Waals surface area contributed by atoms with Crippen molar-refractivity contribution >= 4 is 23.6 Å². The maximum atomic E-state index is 13.0. The van der Waals surface area contributed by atoms with Crippen LogP contribution < -0.4 is 10.1 Å². The normalized spacial score (nSPS) is 25.4. The first-order chi connectivity index (χ1) is 17.0. The SMILES string of the molecule is O=C1CCC(N2Cc3cc(OC[C@H]4CCCCN4C(=O)CN4CCCCC4)ccc3C2=O)C(=O)N1. The third-order valence-electron chi connectivity index (χ3n) is 7.69. The molecule has 5 rings (SSSR count). The highest BCUT2D eigenvalue weighted by Crippen LogP contribution is 2.30. The lowest BCUT2D eigenvalue weighted by Crippen LogP contribution is -2.52. The largest absolute Gasteiger partial charge is 0.491 e. The number of fused-ring (bicyclic) bond motifs is 1. The molecule has 4 aliphatic rings. The zero-order valence-electron chi connectivity index (χ0n) is 20.2. The lowest BCUT2D eigenvalue weighted by atomic mass is 10.0. The average Bonchev–Trinajstić information content (AvgIpc) is 3.19. The molecule has 9 heteroatoms. The number of carbonyl (C=O) groups is 4.